The van der Waals surface area contributed by atoms with Gasteiger partial charge < -0.3 is 14.6 Å². The maximum atomic E-state index is 13.4. The topological polar surface area (TPSA) is 93.3 Å². The summed E-state index contributed by atoms with van der Waals surface area (Å²) >= 11 is 0. The largest absolute Gasteiger partial charge is 0.463 e. The molecule has 2 aromatic carbocycles. The van der Waals surface area contributed by atoms with Crippen LogP contribution in [0.5, 0.6) is 0 Å². The van der Waals surface area contributed by atoms with Gasteiger partial charge in [-0.15, -0.1) is 0 Å². The van der Waals surface area contributed by atoms with Crippen LogP contribution in [0.1, 0.15) is 28.5 Å². The fourth-order valence-electron chi connectivity index (χ4n) is 4.46. The van der Waals surface area contributed by atoms with Crippen molar-refractivity contribution < 1.29 is 14.0 Å². The lowest BCUT2D eigenvalue weighted by Crippen LogP contribution is -2.31. The molecule has 3 heterocycles. The number of para-hydroxylation sites is 1. The van der Waals surface area contributed by atoms with Gasteiger partial charge in [-0.25, -0.2) is 4.98 Å². The Morgan fingerprint density at radius 2 is 1.78 bits per heavy atom. The Balaban J connectivity index is 1.36. The van der Waals surface area contributed by atoms with Crippen LogP contribution in [0.3, 0.4) is 0 Å². The average molecular weight is 494 g/mol. The van der Waals surface area contributed by atoms with Gasteiger partial charge in [-0.05, 0) is 61.9 Å². The van der Waals surface area contributed by atoms with E-state index in [9.17, 15) is 9.59 Å². The molecule has 8 nitrogen and oxygen atoms in total. The van der Waals surface area contributed by atoms with Gasteiger partial charge in [-0.3, -0.25) is 14.3 Å². The first-order valence-electron chi connectivity index (χ1n) is 12.1. The summed E-state index contributed by atoms with van der Waals surface area (Å²) in [6.45, 7) is 4.40. The lowest BCUT2D eigenvalue weighted by atomic mass is 10.1. The van der Waals surface area contributed by atoms with Gasteiger partial charge in [0.2, 0.25) is 5.91 Å². The number of fused-ring (bicyclic) bond motifs is 1. The number of benzene rings is 2. The maximum Gasteiger partial charge on any atom is 0.256 e. The van der Waals surface area contributed by atoms with Crippen molar-refractivity contribution in [2.45, 2.75) is 20.3 Å². The molecule has 0 unspecified atom stereocenters. The number of nitrogens with one attached hydrogen (secondary N) is 1. The number of amides is 2. The van der Waals surface area contributed by atoms with Crippen molar-refractivity contribution in [1.82, 2.24) is 14.8 Å². The van der Waals surface area contributed by atoms with E-state index in [2.05, 4.69) is 15.4 Å². The Bertz CT molecular complexity index is 1560. The van der Waals surface area contributed by atoms with E-state index in [-0.39, 0.29) is 18.2 Å². The summed E-state index contributed by atoms with van der Waals surface area (Å²) in [5, 5.41) is 8.12. The van der Waals surface area contributed by atoms with Gasteiger partial charge in [-0.2, -0.15) is 5.10 Å². The number of anilines is 2. The highest BCUT2D eigenvalue weighted by atomic mass is 16.3. The van der Waals surface area contributed by atoms with Crippen molar-refractivity contribution in [1.29, 1.82) is 0 Å². The second kappa shape index (κ2) is 10.1. The smallest absolute Gasteiger partial charge is 0.256 e. The number of pyridine rings is 1. The molecule has 0 saturated carbocycles. The van der Waals surface area contributed by atoms with E-state index in [1.807, 2.05) is 56.3 Å². The van der Waals surface area contributed by atoms with Crippen molar-refractivity contribution in [3.63, 3.8) is 0 Å². The molecule has 186 valence electrons. The second-order valence-electron chi connectivity index (χ2n) is 8.74. The molecule has 0 aliphatic heterocycles. The Hall–Kier alpha value is -4.72. The van der Waals surface area contributed by atoms with E-state index in [0.717, 1.165) is 11.3 Å². The summed E-state index contributed by atoms with van der Waals surface area (Å²) in [6.07, 6.45) is 1.84. The van der Waals surface area contributed by atoms with Crippen LogP contribution in [-0.4, -0.2) is 33.1 Å². The first-order valence-corrected chi connectivity index (χ1v) is 12.1. The van der Waals surface area contributed by atoms with E-state index < -0.39 is 0 Å². The highest BCUT2D eigenvalue weighted by Crippen LogP contribution is 2.28. The fourth-order valence-corrected chi connectivity index (χ4v) is 4.46. The van der Waals surface area contributed by atoms with Crippen LogP contribution in [0.15, 0.2) is 83.5 Å². The predicted octanol–water partition coefficient (Wildman–Crippen LogP) is 5.38. The fraction of sp³-hybridized carbons (Fsp3) is 0.172. The minimum Gasteiger partial charge on any atom is -0.463 e. The number of rotatable bonds is 7. The summed E-state index contributed by atoms with van der Waals surface area (Å²) in [7, 11) is 1.80. The minimum atomic E-state index is -0.277. The second-order valence-corrected chi connectivity index (χ2v) is 8.74. The molecular formula is C29H27N5O3. The van der Waals surface area contributed by atoms with Gasteiger partial charge in [0, 0.05) is 25.0 Å². The number of aromatic nitrogens is 3. The van der Waals surface area contributed by atoms with Crippen molar-refractivity contribution >= 4 is 34.2 Å². The molecule has 0 aliphatic carbocycles. The molecule has 0 fully saturated rings. The molecule has 0 atom stereocenters. The van der Waals surface area contributed by atoms with Gasteiger partial charge in [0.25, 0.3) is 5.91 Å². The average Bonchev–Trinajstić information content (AvgIpc) is 3.54. The van der Waals surface area contributed by atoms with Gasteiger partial charge in [0.05, 0.1) is 29.3 Å². The van der Waals surface area contributed by atoms with Crippen LogP contribution in [0.2, 0.25) is 0 Å². The Kier molecular flexibility index (Phi) is 6.55. The molecule has 0 radical (unpaired) electrons. The molecule has 37 heavy (non-hydrogen) atoms. The van der Waals surface area contributed by atoms with E-state index in [4.69, 9.17) is 4.42 Å². The number of carbonyl (C=O) groups excluding carboxylic acids is 2. The quantitative estimate of drug-likeness (QED) is 0.328. The third-order valence-corrected chi connectivity index (χ3v) is 6.24. The number of furan rings is 1. The van der Waals surface area contributed by atoms with E-state index in [1.165, 1.54) is 0 Å². The van der Waals surface area contributed by atoms with Gasteiger partial charge in [0.15, 0.2) is 11.4 Å². The summed E-state index contributed by atoms with van der Waals surface area (Å²) < 4.78 is 7.17. The van der Waals surface area contributed by atoms with Crippen molar-refractivity contribution in [2.24, 2.45) is 7.05 Å². The lowest BCUT2D eigenvalue weighted by Gasteiger charge is -2.21. The number of aryl methyl sites for hydroxylation is 2. The zero-order valence-corrected chi connectivity index (χ0v) is 20.9. The summed E-state index contributed by atoms with van der Waals surface area (Å²) in [5.74, 6) is 0.309. The standard InChI is InChI=1S/C29H27N5O3/c1-4-34(22-9-6-5-7-10-22)26(35)17-20-12-14-21(15-13-20)30-29(36)23-18-24(25-11-8-16-37-25)31-28-27(23)19(2)32-33(28)3/h5-16,18H,4,17H2,1-3H3,(H,30,36). The highest BCUT2D eigenvalue weighted by Gasteiger charge is 2.20. The monoisotopic (exact) mass is 493 g/mol. The first-order chi connectivity index (χ1) is 17.9. The van der Waals surface area contributed by atoms with Gasteiger partial charge >= 0.3 is 0 Å². The van der Waals surface area contributed by atoms with Gasteiger partial charge in [0.1, 0.15) is 5.69 Å². The summed E-state index contributed by atoms with van der Waals surface area (Å²) in [5.41, 5.74) is 4.70. The van der Waals surface area contributed by atoms with Crippen molar-refractivity contribution in [3.05, 3.63) is 95.9 Å². The minimum absolute atomic E-state index is 0.0159. The normalized spacial score (nSPS) is 11.0. The molecule has 0 saturated heterocycles. The first kappa shape index (κ1) is 24.0. The SMILES string of the molecule is CCN(C(=O)Cc1ccc(NC(=O)c2cc(-c3ccco3)nc3c2c(C)nn3C)cc1)c1ccccc1. The third kappa shape index (κ3) is 4.86. The van der Waals surface area contributed by atoms with Crippen molar-refractivity contribution in [3.8, 4) is 11.5 Å². The lowest BCUT2D eigenvalue weighted by molar-refractivity contribution is -0.117. The Morgan fingerprint density at radius 3 is 2.46 bits per heavy atom. The van der Waals surface area contributed by atoms with E-state index in [1.54, 1.807) is 53.2 Å². The molecule has 1 N–H and O–H groups in total. The molecule has 8 heteroatoms. The zero-order valence-electron chi connectivity index (χ0n) is 20.9. The van der Waals surface area contributed by atoms with Crippen LogP contribution in [0.4, 0.5) is 11.4 Å². The van der Waals surface area contributed by atoms with Crippen LogP contribution in [0, 0.1) is 6.92 Å². The molecule has 0 aliphatic rings. The number of hydrogen-bond donors (Lipinski definition) is 1. The predicted molar refractivity (Wildman–Crippen MR) is 144 cm³/mol. The Morgan fingerprint density at radius 1 is 1.03 bits per heavy atom. The number of nitrogens with zero attached hydrogens (tertiary/aromatic N) is 4. The number of carbonyl (C=O) groups is 2. The molecule has 0 bridgehead atoms. The zero-order chi connectivity index (χ0) is 25.9. The van der Waals surface area contributed by atoms with Crippen LogP contribution < -0.4 is 10.2 Å². The van der Waals surface area contributed by atoms with Crippen LogP contribution in [-0.2, 0) is 18.3 Å². The van der Waals surface area contributed by atoms with Gasteiger partial charge in [-0.1, -0.05) is 30.3 Å². The Labute approximate surface area is 214 Å². The van der Waals surface area contributed by atoms with Crippen LogP contribution in [0.25, 0.3) is 22.5 Å². The molecule has 5 rings (SSSR count). The summed E-state index contributed by atoms with van der Waals surface area (Å²) in [6, 6.07) is 22.3. The van der Waals surface area contributed by atoms with Crippen molar-refractivity contribution in [2.75, 3.05) is 16.8 Å². The maximum absolute atomic E-state index is 13.4. The molecule has 2 amide bonds. The highest BCUT2D eigenvalue weighted by molar-refractivity contribution is 6.13. The third-order valence-electron chi connectivity index (χ3n) is 6.24. The van der Waals surface area contributed by atoms with Crippen LogP contribution >= 0.6 is 0 Å². The molecule has 5 aromatic rings. The number of hydrogen-bond acceptors (Lipinski definition) is 5. The van der Waals surface area contributed by atoms with E-state index in [0.29, 0.717) is 46.0 Å². The summed E-state index contributed by atoms with van der Waals surface area (Å²) in [4.78, 5) is 32.7. The molecule has 0 spiro atoms. The van der Waals surface area contributed by atoms with E-state index >= 15 is 0 Å². The number of likely N-dealkylation sites (N-methyl/N-ethyl adjacent to an activating group) is 1. The molecular weight excluding hydrogens is 466 g/mol. The molecule has 3 aromatic heterocycles.